The molecule has 0 spiro atoms. The van der Waals surface area contributed by atoms with Crippen LogP contribution in [0.3, 0.4) is 0 Å². The molecule has 0 bridgehead atoms. The van der Waals surface area contributed by atoms with Crippen LogP contribution in [0.1, 0.15) is 5.56 Å². The van der Waals surface area contributed by atoms with Gasteiger partial charge in [-0.2, -0.15) is 5.26 Å². The quantitative estimate of drug-likeness (QED) is 0.707. The monoisotopic (exact) mass is 338 g/mol. The van der Waals surface area contributed by atoms with E-state index >= 15 is 0 Å². The van der Waals surface area contributed by atoms with E-state index in [1.165, 1.54) is 0 Å². The van der Waals surface area contributed by atoms with Crippen molar-refractivity contribution in [2.45, 2.75) is 0 Å². The second kappa shape index (κ2) is 5.51. The fraction of sp³-hybridized carbons (Fsp3) is 0.0625. The molecule has 0 saturated carbocycles. The van der Waals surface area contributed by atoms with E-state index in [0.29, 0.717) is 5.56 Å². The molecule has 0 saturated heterocycles. The number of para-hydroxylation sites is 1. The highest BCUT2D eigenvalue weighted by atomic mass is 79.9. The molecule has 0 amide bonds. The maximum atomic E-state index is 9.25. The number of fused-ring (bicyclic) bond motifs is 1. The topological polar surface area (TPSA) is 52.8 Å². The minimum atomic E-state index is 0.627. The highest BCUT2D eigenvalue weighted by molar-refractivity contribution is 9.10. The van der Waals surface area contributed by atoms with Crippen molar-refractivity contribution < 1.29 is 0 Å². The lowest BCUT2D eigenvalue weighted by Gasteiger charge is -2.21. The highest BCUT2D eigenvalue weighted by Crippen LogP contribution is 2.31. The summed E-state index contributed by atoms with van der Waals surface area (Å²) >= 11 is 3.40. The van der Waals surface area contributed by atoms with Crippen LogP contribution in [0.25, 0.3) is 11.0 Å². The minimum Gasteiger partial charge on any atom is -0.342 e. The Kier molecular flexibility index (Phi) is 3.55. The van der Waals surface area contributed by atoms with E-state index in [-0.39, 0.29) is 0 Å². The molecule has 0 aliphatic carbocycles. The molecule has 4 nitrogen and oxygen atoms in total. The lowest BCUT2D eigenvalue weighted by Crippen LogP contribution is -2.12. The van der Waals surface area contributed by atoms with Crippen molar-refractivity contribution in [2.24, 2.45) is 0 Å². The first-order chi connectivity index (χ1) is 10.2. The number of nitrogens with zero attached hydrogens (tertiary/aromatic N) is 4. The van der Waals surface area contributed by atoms with Crippen LogP contribution in [-0.2, 0) is 0 Å². The zero-order valence-electron chi connectivity index (χ0n) is 11.3. The van der Waals surface area contributed by atoms with Gasteiger partial charge in [-0.15, -0.1) is 0 Å². The molecule has 5 heteroatoms. The fourth-order valence-corrected chi connectivity index (χ4v) is 2.57. The molecule has 0 fully saturated rings. The van der Waals surface area contributed by atoms with Gasteiger partial charge in [0.25, 0.3) is 0 Å². The predicted octanol–water partition coefficient (Wildman–Crippen LogP) is 4.03. The molecule has 0 radical (unpaired) electrons. The summed E-state index contributed by atoms with van der Waals surface area (Å²) in [5.74, 6) is 0. The van der Waals surface area contributed by atoms with Crippen LogP contribution in [-0.4, -0.2) is 17.0 Å². The summed E-state index contributed by atoms with van der Waals surface area (Å²) < 4.78 is 0.889. The molecule has 2 heterocycles. The third-order valence-corrected chi connectivity index (χ3v) is 3.70. The second-order valence-corrected chi connectivity index (χ2v) is 5.45. The largest absolute Gasteiger partial charge is 0.342 e. The molecule has 0 N–H and O–H groups in total. The van der Waals surface area contributed by atoms with Crippen LogP contribution >= 0.6 is 15.9 Å². The van der Waals surface area contributed by atoms with Crippen LogP contribution < -0.4 is 4.90 Å². The predicted molar refractivity (Wildman–Crippen MR) is 86.5 cm³/mol. The van der Waals surface area contributed by atoms with Crippen molar-refractivity contribution in [1.29, 1.82) is 5.26 Å². The Morgan fingerprint density at radius 3 is 2.76 bits per heavy atom. The molecule has 0 unspecified atom stereocenters. The summed E-state index contributed by atoms with van der Waals surface area (Å²) in [4.78, 5) is 10.7. The number of hydrogen-bond donors (Lipinski definition) is 0. The van der Waals surface area contributed by atoms with Crippen molar-refractivity contribution in [3.8, 4) is 6.07 Å². The Morgan fingerprint density at radius 1 is 1.14 bits per heavy atom. The fourth-order valence-electron chi connectivity index (χ4n) is 2.25. The van der Waals surface area contributed by atoms with Gasteiger partial charge in [0, 0.05) is 23.9 Å². The van der Waals surface area contributed by atoms with E-state index in [0.717, 1.165) is 26.9 Å². The first kappa shape index (κ1) is 13.5. The molecule has 1 aromatic carbocycles. The Morgan fingerprint density at radius 2 is 1.95 bits per heavy atom. The van der Waals surface area contributed by atoms with Crippen LogP contribution in [0.4, 0.5) is 11.4 Å². The number of benzene rings is 1. The molecule has 3 aromatic rings. The summed E-state index contributed by atoms with van der Waals surface area (Å²) in [6.45, 7) is 0. The minimum absolute atomic E-state index is 0.627. The average Bonchev–Trinajstić information content (AvgIpc) is 2.53. The molecular weight excluding hydrogens is 328 g/mol. The molecule has 3 rings (SSSR count). The molecule has 102 valence electrons. The van der Waals surface area contributed by atoms with Gasteiger partial charge < -0.3 is 4.90 Å². The van der Waals surface area contributed by atoms with E-state index in [1.807, 2.05) is 42.3 Å². The van der Waals surface area contributed by atoms with Gasteiger partial charge in [0.05, 0.1) is 22.5 Å². The third-order valence-electron chi connectivity index (χ3n) is 3.27. The summed E-state index contributed by atoms with van der Waals surface area (Å²) in [6.07, 6.45) is 3.49. The van der Waals surface area contributed by atoms with Crippen molar-refractivity contribution in [1.82, 2.24) is 9.97 Å². The van der Waals surface area contributed by atoms with E-state index < -0.39 is 0 Å². The summed E-state index contributed by atoms with van der Waals surface area (Å²) in [5.41, 5.74) is 3.99. The van der Waals surface area contributed by atoms with Crippen molar-refractivity contribution >= 4 is 38.3 Å². The smallest absolute Gasteiger partial charge is 0.112 e. The highest BCUT2D eigenvalue weighted by Gasteiger charge is 2.13. The Balaban J connectivity index is 2.18. The van der Waals surface area contributed by atoms with Crippen molar-refractivity contribution in [3.63, 3.8) is 0 Å². The van der Waals surface area contributed by atoms with Crippen LogP contribution in [0, 0.1) is 11.3 Å². The summed E-state index contributed by atoms with van der Waals surface area (Å²) in [7, 11) is 1.93. The van der Waals surface area contributed by atoms with Gasteiger partial charge >= 0.3 is 0 Å². The number of aromatic nitrogens is 2. The number of pyridine rings is 2. The van der Waals surface area contributed by atoms with E-state index in [1.54, 1.807) is 18.5 Å². The van der Waals surface area contributed by atoms with Crippen LogP contribution in [0.5, 0.6) is 0 Å². The first-order valence-electron chi connectivity index (χ1n) is 6.34. The zero-order valence-corrected chi connectivity index (χ0v) is 12.9. The lowest BCUT2D eigenvalue weighted by atomic mass is 10.1. The van der Waals surface area contributed by atoms with Crippen molar-refractivity contribution in [2.75, 3.05) is 11.9 Å². The van der Waals surface area contributed by atoms with Crippen LogP contribution in [0.2, 0.25) is 0 Å². The van der Waals surface area contributed by atoms with Gasteiger partial charge in [0.15, 0.2) is 0 Å². The Labute approximate surface area is 130 Å². The van der Waals surface area contributed by atoms with Gasteiger partial charge in [-0.25, -0.2) is 0 Å². The molecule has 21 heavy (non-hydrogen) atoms. The molecular formula is C16H11BrN4. The Hall–Kier alpha value is -2.45. The summed E-state index contributed by atoms with van der Waals surface area (Å²) in [5, 5.41) is 9.25. The van der Waals surface area contributed by atoms with E-state index in [4.69, 9.17) is 0 Å². The van der Waals surface area contributed by atoms with Gasteiger partial charge in [-0.05, 0) is 40.2 Å². The zero-order chi connectivity index (χ0) is 14.8. The number of nitriles is 1. The molecule has 0 aliphatic rings. The van der Waals surface area contributed by atoms with E-state index in [2.05, 4.69) is 32.0 Å². The lowest BCUT2D eigenvalue weighted by molar-refractivity contribution is 1.19. The normalized spacial score (nSPS) is 10.3. The maximum Gasteiger partial charge on any atom is 0.112 e. The Bertz CT molecular complexity index is 854. The number of anilines is 2. The van der Waals surface area contributed by atoms with Crippen LogP contribution in [0.15, 0.2) is 53.3 Å². The van der Waals surface area contributed by atoms with Gasteiger partial charge in [0.2, 0.25) is 0 Å². The second-order valence-electron chi connectivity index (χ2n) is 4.54. The van der Waals surface area contributed by atoms with Crippen molar-refractivity contribution in [3.05, 3.63) is 58.8 Å². The van der Waals surface area contributed by atoms with Gasteiger partial charge in [-0.1, -0.05) is 12.1 Å². The maximum absolute atomic E-state index is 9.25. The molecule has 0 aliphatic heterocycles. The SMILES string of the molecule is CN(c1ccccc1C#N)c1ccnc2cc(Br)cnc12. The summed E-state index contributed by atoms with van der Waals surface area (Å²) in [6, 6.07) is 13.5. The number of halogens is 1. The van der Waals surface area contributed by atoms with E-state index in [9.17, 15) is 5.26 Å². The average molecular weight is 339 g/mol. The van der Waals surface area contributed by atoms with Gasteiger partial charge in [-0.3, -0.25) is 9.97 Å². The standard InChI is InChI=1S/C16H11BrN4/c1-21(14-5-3-2-4-11(14)9-18)15-6-7-19-13-8-12(17)10-20-16(13)15/h2-8,10H,1H3. The molecule has 0 atom stereocenters. The van der Waals surface area contributed by atoms with Gasteiger partial charge in [0.1, 0.15) is 11.6 Å². The number of rotatable bonds is 2. The number of hydrogen-bond acceptors (Lipinski definition) is 4. The molecule has 2 aromatic heterocycles. The third kappa shape index (κ3) is 2.46. The first-order valence-corrected chi connectivity index (χ1v) is 7.13.